The van der Waals surface area contributed by atoms with E-state index in [1.807, 2.05) is 0 Å². The molecule has 0 aliphatic heterocycles. The normalized spacial score (nSPS) is 10.2. The summed E-state index contributed by atoms with van der Waals surface area (Å²) in [4.78, 5) is 38.9. The molecular weight excluding hydrogens is 611 g/mol. The van der Waals surface area contributed by atoms with Crippen molar-refractivity contribution >= 4 is 85.5 Å². The van der Waals surface area contributed by atoms with Gasteiger partial charge in [-0.15, -0.1) is 0 Å². The van der Waals surface area contributed by atoms with Crippen LogP contribution in [0.15, 0.2) is 0 Å². The third-order valence-electron chi connectivity index (χ3n) is 2.26. The molecule has 0 aliphatic rings. The fourth-order valence-corrected chi connectivity index (χ4v) is 6.08. The van der Waals surface area contributed by atoms with Crippen molar-refractivity contribution in [1.82, 2.24) is 0 Å². The predicted molar refractivity (Wildman–Crippen MR) is 92.6 cm³/mol. The van der Waals surface area contributed by atoms with Crippen molar-refractivity contribution in [3.05, 3.63) is 27.4 Å². The fourth-order valence-electron chi connectivity index (χ4n) is 1.41. The minimum atomic E-state index is -1.30. The molecule has 0 saturated heterocycles. The average Bonchev–Trinajstić information content (AvgIpc) is 2.37. The molecule has 0 spiro atoms. The molecule has 0 radical (unpaired) electrons. The summed E-state index contributed by atoms with van der Waals surface area (Å²) in [6.45, 7) is -0.803. The van der Waals surface area contributed by atoms with E-state index in [4.69, 9.17) is 11.0 Å². The van der Waals surface area contributed by atoms with Gasteiger partial charge in [-0.2, -0.15) is 5.90 Å². The van der Waals surface area contributed by atoms with Crippen molar-refractivity contribution in [2.75, 3.05) is 6.61 Å². The molecule has 0 aliphatic carbocycles. The predicted octanol–water partition coefficient (Wildman–Crippen LogP) is 1.40. The van der Waals surface area contributed by atoms with Crippen LogP contribution in [0.1, 0.15) is 31.1 Å². The highest BCUT2D eigenvalue weighted by Crippen LogP contribution is 2.32. The third kappa shape index (κ3) is 3.23. The van der Waals surface area contributed by atoms with Gasteiger partial charge in [0.2, 0.25) is 0 Å². The van der Waals surface area contributed by atoms with Gasteiger partial charge in [-0.05, 0) is 67.8 Å². The van der Waals surface area contributed by atoms with E-state index >= 15 is 0 Å². The number of benzene rings is 1. The first-order valence-corrected chi connectivity index (χ1v) is 8.00. The van der Waals surface area contributed by atoms with Crippen LogP contribution in [0.5, 0.6) is 0 Å². The molecule has 0 amide bonds. The lowest BCUT2D eigenvalue weighted by Gasteiger charge is -2.14. The third-order valence-corrected chi connectivity index (χ3v) is 5.50. The number of Topliss-reactive ketones (excluding diaryl/α,β-unsaturated/α-hetero) is 1. The number of aliphatic hydroxyl groups excluding tert-OH is 1. The Morgan fingerprint density at radius 3 is 1.85 bits per heavy atom. The Bertz CT molecular complexity index is 572. The van der Waals surface area contributed by atoms with Gasteiger partial charge in [0.15, 0.2) is 5.78 Å². The molecule has 0 saturated carbocycles. The van der Waals surface area contributed by atoms with Crippen LogP contribution in [-0.2, 0) is 4.84 Å². The van der Waals surface area contributed by atoms with Crippen LogP contribution in [0.2, 0.25) is 0 Å². The van der Waals surface area contributed by atoms with E-state index in [9.17, 15) is 19.5 Å². The quantitative estimate of drug-likeness (QED) is 0.265. The number of halogens is 3. The number of ketones is 1. The number of carboxylic acids is 1. The molecule has 0 atom stereocenters. The molecule has 1 rings (SSSR count). The molecule has 7 nitrogen and oxygen atoms in total. The van der Waals surface area contributed by atoms with Gasteiger partial charge in [0.05, 0.1) is 11.1 Å². The van der Waals surface area contributed by atoms with E-state index in [-0.39, 0.29) is 27.4 Å². The molecule has 0 bridgehead atoms. The zero-order chi connectivity index (χ0) is 15.6. The lowest BCUT2D eigenvalue weighted by molar-refractivity contribution is 0.0500. The van der Waals surface area contributed by atoms with Crippen LogP contribution in [0.4, 0.5) is 0 Å². The first-order chi connectivity index (χ1) is 9.27. The maximum absolute atomic E-state index is 11.8. The standard InChI is InChI=1S/C10H6I3NO6/c11-6-3(2(16)1-15)7(12)5(10(19)20-14)8(13)4(6)9(17)18/h15H,1,14H2,(H,17,18). The van der Waals surface area contributed by atoms with Gasteiger partial charge < -0.3 is 15.1 Å². The highest BCUT2D eigenvalue weighted by atomic mass is 127. The van der Waals surface area contributed by atoms with Gasteiger partial charge >= 0.3 is 11.9 Å². The van der Waals surface area contributed by atoms with Gasteiger partial charge in [-0.25, -0.2) is 9.59 Å². The van der Waals surface area contributed by atoms with Gasteiger partial charge in [-0.3, -0.25) is 4.79 Å². The summed E-state index contributed by atoms with van der Waals surface area (Å²) in [6, 6.07) is 0. The minimum absolute atomic E-state index is 0.0353. The molecule has 20 heavy (non-hydrogen) atoms. The lowest BCUT2D eigenvalue weighted by atomic mass is 10.0. The second kappa shape index (κ2) is 7.28. The molecule has 0 fully saturated rings. The highest BCUT2D eigenvalue weighted by molar-refractivity contribution is 14.1. The van der Waals surface area contributed by atoms with Crippen molar-refractivity contribution < 1.29 is 29.4 Å². The van der Waals surface area contributed by atoms with E-state index in [1.165, 1.54) is 0 Å². The van der Waals surface area contributed by atoms with Crippen LogP contribution >= 0.6 is 67.8 Å². The van der Waals surface area contributed by atoms with Crippen molar-refractivity contribution in [1.29, 1.82) is 0 Å². The van der Waals surface area contributed by atoms with Gasteiger partial charge in [0.25, 0.3) is 0 Å². The van der Waals surface area contributed by atoms with Gasteiger partial charge in [0.1, 0.15) is 6.61 Å². The second-order valence-corrected chi connectivity index (χ2v) is 6.59. The number of rotatable bonds is 4. The number of aromatic carboxylic acids is 1. The summed E-state index contributed by atoms with van der Waals surface area (Å²) in [7, 11) is 0. The first kappa shape index (κ1) is 18.0. The molecule has 1 aromatic carbocycles. The summed E-state index contributed by atoms with van der Waals surface area (Å²) >= 11 is 5.09. The Morgan fingerprint density at radius 1 is 1.00 bits per heavy atom. The Labute approximate surface area is 153 Å². The van der Waals surface area contributed by atoms with Crippen molar-refractivity contribution in [3.8, 4) is 0 Å². The monoisotopic (exact) mass is 617 g/mol. The summed E-state index contributed by atoms with van der Waals surface area (Å²) in [5, 5.41) is 18.2. The van der Waals surface area contributed by atoms with Crippen molar-refractivity contribution in [3.63, 3.8) is 0 Å². The van der Waals surface area contributed by atoms with Crippen LogP contribution in [0.3, 0.4) is 0 Å². The van der Waals surface area contributed by atoms with Crippen LogP contribution in [0, 0.1) is 10.7 Å². The maximum Gasteiger partial charge on any atom is 0.358 e. The topological polar surface area (TPSA) is 127 Å². The number of carbonyl (C=O) groups excluding carboxylic acids is 2. The van der Waals surface area contributed by atoms with E-state index in [2.05, 4.69) is 4.84 Å². The highest BCUT2D eigenvalue weighted by Gasteiger charge is 2.30. The average molecular weight is 617 g/mol. The van der Waals surface area contributed by atoms with E-state index < -0.39 is 24.3 Å². The second-order valence-electron chi connectivity index (χ2n) is 3.36. The fraction of sp³-hybridized carbons (Fsp3) is 0.100. The van der Waals surface area contributed by atoms with E-state index in [0.29, 0.717) is 0 Å². The zero-order valence-electron chi connectivity index (χ0n) is 9.45. The molecule has 10 heteroatoms. The van der Waals surface area contributed by atoms with Crippen molar-refractivity contribution in [2.45, 2.75) is 0 Å². The van der Waals surface area contributed by atoms with Crippen LogP contribution < -0.4 is 5.90 Å². The number of nitrogens with two attached hydrogens (primary N) is 1. The van der Waals surface area contributed by atoms with Crippen LogP contribution in [0.25, 0.3) is 0 Å². The summed E-state index contributed by atoms with van der Waals surface area (Å²) in [5.74, 6) is 1.88. The largest absolute Gasteiger partial charge is 0.478 e. The van der Waals surface area contributed by atoms with E-state index in [1.54, 1.807) is 67.8 Å². The van der Waals surface area contributed by atoms with Crippen LogP contribution in [-0.4, -0.2) is 34.5 Å². The Kier molecular flexibility index (Phi) is 6.55. The minimum Gasteiger partial charge on any atom is -0.478 e. The molecule has 0 aromatic heterocycles. The SMILES string of the molecule is NOC(=O)c1c(I)c(C(=O)O)c(I)c(C(=O)CO)c1I. The van der Waals surface area contributed by atoms with Gasteiger partial charge in [0, 0.05) is 16.3 Å². The number of carbonyl (C=O) groups is 3. The number of aliphatic hydroxyl groups is 1. The summed E-state index contributed by atoms with van der Waals surface area (Å²) in [5.41, 5.74) is -0.348. The summed E-state index contributed by atoms with van der Waals surface area (Å²) < 4.78 is 0.460. The Balaban J connectivity index is 3.88. The first-order valence-electron chi connectivity index (χ1n) is 4.76. The number of hydrogen-bond acceptors (Lipinski definition) is 6. The van der Waals surface area contributed by atoms with E-state index in [0.717, 1.165) is 0 Å². The number of hydrogen-bond donors (Lipinski definition) is 3. The lowest BCUT2D eigenvalue weighted by Crippen LogP contribution is -2.22. The van der Waals surface area contributed by atoms with Gasteiger partial charge in [-0.1, -0.05) is 0 Å². The molecule has 4 N–H and O–H groups in total. The maximum atomic E-state index is 11.8. The molecular formula is C10H6I3NO6. The summed E-state index contributed by atoms with van der Waals surface area (Å²) in [6.07, 6.45) is 0. The zero-order valence-corrected chi connectivity index (χ0v) is 15.9. The number of carboxylic acid groups (broad SMARTS) is 1. The molecule has 1 aromatic rings. The Hall–Kier alpha value is -0.0600. The molecule has 108 valence electrons. The molecule has 0 heterocycles. The molecule has 0 unspecified atom stereocenters. The van der Waals surface area contributed by atoms with Crippen molar-refractivity contribution in [2.24, 2.45) is 5.90 Å². The Morgan fingerprint density at radius 2 is 1.45 bits per heavy atom. The smallest absolute Gasteiger partial charge is 0.358 e.